The maximum absolute atomic E-state index is 13.9. The minimum absolute atomic E-state index is 0.121. The van der Waals surface area contributed by atoms with Gasteiger partial charge in [0.25, 0.3) is 11.8 Å². The number of carbonyl (C=O) groups excluding carboxylic acids is 2. The number of ether oxygens (including phenoxy) is 5. The molecule has 4 aliphatic heterocycles. The standard InChI is InChI=1S/C47H44N4O9/c1-56-41-20-35-37(48-24-32-18-30-9-3-5-11-39(30)50(32)46(35)54)22-43(41)59-26-28-15-29(17-34(16-28)58-14-8-7-13-45(52)53)27-60-44-23-38-36(21-42(44)57-2)47(55)51-33(25-49-38)19-31-10-4-6-12-40(31)51/h3-6,9-12,15-17,20-25,32-33,45,52-53H,7-8,13-14,18-19,26-27H2,1-2H3/t32-,33-/m0/s1. The summed E-state index contributed by atoms with van der Waals surface area (Å²) in [5.74, 6) is 1.90. The van der Waals surface area contributed by atoms with Gasteiger partial charge < -0.3 is 33.9 Å². The van der Waals surface area contributed by atoms with E-state index in [9.17, 15) is 19.8 Å². The molecule has 0 radical (unpaired) electrons. The molecular weight excluding hydrogens is 765 g/mol. The number of hydrogen-bond donors (Lipinski definition) is 2. The summed E-state index contributed by atoms with van der Waals surface area (Å²) >= 11 is 0. The molecule has 5 aromatic carbocycles. The molecule has 13 heteroatoms. The maximum atomic E-state index is 13.9. The number of para-hydroxylation sites is 2. The van der Waals surface area contributed by atoms with E-state index < -0.39 is 6.29 Å². The Kier molecular flexibility index (Phi) is 10.7. The van der Waals surface area contributed by atoms with E-state index in [1.54, 1.807) is 34.1 Å². The number of carbonyl (C=O) groups is 2. The second kappa shape index (κ2) is 16.5. The number of anilines is 2. The molecule has 5 aromatic rings. The summed E-state index contributed by atoms with van der Waals surface area (Å²) in [4.78, 5) is 40.9. The van der Waals surface area contributed by atoms with Crippen molar-refractivity contribution in [1.82, 2.24) is 0 Å². The van der Waals surface area contributed by atoms with E-state index in [1.807, 2.05) is 79.2 Å². The maximum Gasteiger partial charge on any atom is 0.261 e. The lowest BCUT2D eigenvalue weighted by Gasteiger charge is -2.22. The fraction of sp³-hybridized carbons (Fsp3) is 0.277. The van der Waals surface area contributed by atoms with Gasteiger partial charge in [-0.1, -0.05) is 36.4 Å². The van der Waals surface area contributed by atoms with Crippen molar-refractivity contribution in [1.29, 1.82) is 0 Å². The summed E-state index contributed by atoms with van der Waals surface area (Å²) in [6.45, 7) is 0.600. The van der Waals surface area contributed by atoms with E-state index >= 15 is 0 Å². The van der Waals surface area contributed by atoms with Crippen LogP contribution in [0.5, 0.6) is 28.7 Å². The quantitative estimate of drug-likeness (QED) is 0.0870. The zero-order valence-electron chi connectivity index (χ0n) is 33.2. The molecule has 0 saturated carbocycles. The highest BCUT2D eigenvalue weighted by atomic mass is 16.5. The first-order chi connectivity index (χ1) is 29.3. The van der Waals surface area contributed by atoms with Crippen LogP contribution in [0, 0.1) is 0 Å². The van der Waals surface area contributed by atoms with Crippen LogP contribution in [0.3, 0.4) is 0 Å². The first-order valence-corrected chi connectivity index (χ1v) is 20.0. The smallest absolute Gasteiger partial charge is 0.261 e. The van der Waals surface area contributed by atoms with Gasteiger partial charge in [0.05, 0.1) is 55.4 Å². The summed E-state index contributed by atoms with van der Waals surface area (Å²) in [7, 11) is 3.07. The summed E-state index contributed by atoms with van der Waals surface area (Å²) in [6.07, 6.45) is 5.11. The molecule has 0 aliphatic carbocycles. The minimum Gasteiger partial charge on any atom is -0.494 e. The molecule has 2 N–H and O–H groups in total. The molecule has 2 atom stereocenters. The average molecular weight is 809 g/mol. The number of unbranched alkanes of at least 4 members (excludes halogenated alkanes) is 1. The van der Waals surface area contributed by atoms with Crippen molar-refractivity contribution in [3.63, 3.8) is 0 Å². The first-order valence-electron chi connectivity index (χ1n) is 20.0. The molecule has 60 heavy (non-hydrogen) atoms. The minimum atomic E-state index is -1.36. The number of aliphatic imine (C=N–C) groups is 2. The number of hydrogen-bond acceptors (Lipinski definition) is 11. The van der Waals surface area contributed by atoms with E-state index in [1.165, 1.54) is 14.2 Å². The van der Waals surface area contributed by atoms with Crippen molar-refractivity contribution in [3.05, 3.63) is 124 Å². The van der Waals surface area contributed by atoms with E-state index in [4.69, 9.17) is 33.7 Å². The monoisotopic (exact) mass is 808 g/mol. The van der Waals surface area contributed by atoms with Crippen molar-refractivity contribution >= 4 is 47.0 Å². The number of rotatable bonds is 14. The van der Waals surface area contributed by atoms with Crippen molar-refractivity contribution in [3.8, 4) is 28.7 Å². The van der Waals surface area contributed by atoms with Crippen LogP contribution in [0.4, 0.5) is 22.7 Å². The van der Waals surface area contributed by atoms with Gasteiger partial charge in [0.1, 0.15) is 19.0 Å². The number of aliphatic hydroxyl groups excluding tert-OH is 1. The van der Waals surface area contributed by atoms with Crippen molar-refractivity contribution in [2.24, 2.45) is 9.98 Å². The molecular formula is C47H44N4O9. The third kappa shape index (κ3) is 7.53. The molecule has 4 heterocycles. The van der Waals surface area contributed by atoms with Crippen molar-refractivity contribution in [2.45, 2.75) is 63.7 Å². The number of amides is 2. The summed E-state index contributed by atoms with van der Waals surface area (Å²) < 4.78 is 30.4. The fourth-order valence-electron chi connectivity index (χ4n) is 8.30. The second-order valence-corrected chi connectivity index (χ2v) is 15.1. The third-order valence-electron chi connectivity index (χ3n) is 11.2. The molecule has 0 spiro atoms. The van der Waals surface area contributed by atoms with Gasteiger partial charge in [0.2, 0.25) is 0 Å². The lowest BCUT2D eigenvalue weighted by molar-refractivity contribution is -0.0469. The summed E-state index contributed by atoms with van der Waals surface area (Å²) in [6, 6.07) is 28.0. The van der Waals surface area contributed by atoms with Crippen LogP contribution >= 0.6 is 0 Å². The molecule has 0 bridgehead atoms. The highest BCUT2D eigenvalue weighted by Crippen LogP contribution is 2.43. The molecule has 0 unspecified atom stereocenters. The van der Waals surface area contributed by atoms with E-state index in [-0.39, 0.29) is 43.5 Å². The Morgan fingerprint density at radius 1 is 0.633 bits per heavy atom. The number of aliphatic hydroxyl groups is 2. The SMILES string of the molecule is COc1cc2c(cc1OCc1cc(COc3cc4c(cc3OC)C(=O)N3c5ccccc5C[C@H]3C=N4)cc(OCCCCC(O)O)c1)N=C[C@@H]1Cc3ccccc3N1C2=O. The van der Waals surface area contributed by atoms with Crippen LogP contribution in [-0.2, 0) is 26.1 Å². The van der Waals surface area contributed by atoms with Crippen LogP contribution in [0.15, 0.2) is 101 Å². The van der Waals surface area contributed by atoms with Crippen LogP contribution in [0.1, 0.15) is 62.2 Å². The first kappa shape index (κ1) is 38.8. The Morgan fingerprint density at radius 3 is 1.62 bits per heavy atom. The Hall–Kier alpha value is -6.70. The van der Waals surface area contributed by atoms with Gasteiger partial charge in [-0.2, -0.15) is 0 Å². The number of methoxy groups -OCH3 is 2. The number of nitrogens with zero attached hydrogens (tertiary/aromatic N) is 4. The van der Waals surface area contributed by atoms with Gasteiger partial charge in [0.15, 0.2) is 29.3 Å². The molecule has 9 rings (SSSR count). The highest BCUT2D eigenvalue weighted by molar-refractivity contribution is 6.15. The van der Waals surface area contributed by atoms with E-state index in [2.05, 4.69) is 0 Å². The lowest BCUT2D eigenvalue weighted by Crippen LogP contribution is -2.37. The zero-order chi connectivity index (χ0) is 41.3. The average Bonchev–Trinajstić information content (AvgIpc) is 3.75. The Labute approximate surface area is 347 Å². The predicted molar refractivity (Wildman–Crippen MR) is 226 cm³/mol. The fourth-order valence-corrected chi connectivity index (χ4v) is 8.30. The number of fused-ring (bicyclic) bond motifs is 8. The normalized spacial score (nSPS) is 16.9. The van der Waals surface area contributed by atoms with Gasteiger partial charge in [-0.15, -0.1) is 0 Å². The Balaban J connectivity index is 0.954. The lowest BCUT2D eigenvalue weighted by atomic mass is 10.1. The molecule has 0 fully saturated rings. The topological polar surface area (TPSA) is 152 Å². The largest absolute Gasteiger partial charge is 0.494 e. The van der Waals surface area contributed by atoms with Gasteiger partial charge in [0, 0.05) is 48.8 Å². The Morgan fingerprint density at radius 2 is 1.13 bits per heavy atom. The van der Waals surface area contributed by atoms with Crippen LogP contribution < -0.4 is 33.5 Å². The summed E-state index contributed by atoms with van der Waals surface area (Å²) in [5, 5.41) is 18.5. The van der Waals surface area contributed by atoms with E-state index in [0.29, 0.717) is 83.5 Å². The van der Waals surface area contributed by atoms with Gasteiger partial charge in [-0.25, -0.2) is 0 Å². The second-order valence-electron chi connectivity index (χ2n) is 15.1. The Bertz CT molecular complexity index is 2370. The molecule has 13 nitrogen and oxygen atoms in total. The molecule has 4 aliphatic rings. The van der Waals surface area contributed by atoms with Gasteiger partial charge in [-0.3, -0.25) is 29.4 Å². The zero-order valence-corrected chi connectivity index (χ0v) is 33.2. The molecule has 0 saturated heterocycles. The van der Waals surface area contributed by atoms with E-state index in [0.717, 1.165) is 33.6 Å². The van der Waals surface area contributed by atoms with Crippen LogP contribution in [0.2, 0.25) is 0 Å². The van der Waals surface area contributed by atoms with Crippen molar-refractivity contribution in [2.75, 3.05) is 30.6 Å². The highest BCUT2D eigenvalue weighted by Gasteiger charge is 2.38. The molecule has 0 aromatic heterocycles. The van der Waals surface area contributed by atoms with Crippen molar-refractivity contribution < 1.29 is 43.5 Å². The van der Waals surface area contributed by atoms with Crippen LogP contribution in [0.25, 0.3) is 0 Å². The van der Waals surface area contributed by atoms with Crippen LogP contribution in [-0.4, -0.2) is 73.7 Å². The predicted octanol–water partition coefficient (Wildman–Crippen LogP) is 7.30. The molecule has 2 amide bonds. The molecule has 306 valence electrons. The summed E-state index contributed by atoms with van der Waals surface area (Å²) in [5.41, 5.74) is 7.36. The number of benzene rings is 5. The third-order valence-corrected chi connectivity index (χ3v) is 11.2. The van der Waals surface area contributed by atoms with Gasteiger partial charge in [-0.05, 0) is 84.0 Å². The van der Waals surface area contributed by atoms with Gasteiger partial charge >= 0.3 is 0 Å².